The van der Waals surface area contributed by atoms with E-state index in [1.165, 1.54) is 17.6 Å². The summed E-state index contributed by atoms with van der Waals surface area (Å²) in [5.74, 6) is 0. The Kier molecular flexibility index (Phi) is 4.63. The molecule has 0 nitrogen and oxygen atoms in total. The fraction of sp³-hybridized carbons (Fsp3) is 0.263. The van der Waals surface area contributed by atoms with Crippen molar-refractivity contribution in [3.05, 3.63) is 80.1 Å². The Morgan fingerprint density at radius 1 is 0.905 bits per heavy atom. The van der Waals surface area contributed by atoms with Gasteiger partial charge in [-0.2, -0.15) is 0 Å². The molecule has 0 atom stereocenters. The van der Waals surface area contributed by atoms with Gasteiger partial charge < -0.3 is 0 Å². The average molecular weight is 328 g/mol. The van der Waals surface area contributed by atoms with Crippen molar-refractivity contribution >= 4 is 6.66 Å². The molecule has 0 bridgehead atoms. The van der Waals surface area contributed by atoms with E-state index in [-0.39, 0.29) is 0 Å². The van der Waals surface area contributed by atoms with Crippen LogP contribution < -0.4 is 0 Å². The summed E-state index contributed by atoms with van der Waals surface area (Å²) >= 11 is -2.15. The van der Waals surface area contributed by atoms with E-state index >= 15 is 0 Å². The predicted molar refractivity (Wildman–Crippen MR) is 92.7 cm³/mol. The molecule has 0 saturated carbocycles. The van der Waals surface area contributed by atoms with Gasteiger partial charge in [0.2, 0.25) is 0 Å². The molecule has 21 heavy (non-hydrogen) atoms. The van der Waals surface area contributed by atoms with Crippen LogP contribution in [0, 0.1) is 0 Å². The topological polar surface area (TPSA) is 0 Å². The Morgan fingerprint density at radius 2 is 1.48 bits per heavy atom. The van der Waals surface area contributed by atoms with Crippen LogP contribution in [-0.2, 0) is 20.6 Å². The molecule has 3 rings (SSSR count). The van der Waals surface area contributed by atoms with Crippen molar-refractivity contribution in [1.82, 2.24) is 0 Å². The third kappa shape index (κ3) is 2.88. The van der Waals surface area contributed by atoms with Gasteiger partial charge in [0.05, 0.1) is 0 Å². The SMILES string of the molecule is C[SiH](C)[Ti]([CH2]c1ccccc1)([C]1=CC=CC1)[C]1=CC=CC1. The average Bonchev–Trinajstić information content (AvgIpc) is 3.19. The van der Waals surface area contributed by atoms with Gasteiger partial charge in [0.1, 0.15) is 0 Å². The van der Waals surface area contributed by atoms with Crippen LogP contribution in [0.5, 0.6) is 0 Å². The van der Waals surface area contributed by atoms with E-state index in [9.17, 15) is 0 Å². The Bertz CT molecular complexity index is 590. The number of hydrogen-bond acceptors (Lipinski definition) is 0. The molecule has 0 N–H and O–H groups in total. The second-order valence-electron chi connectivity index (χ2n) is 6.44. The van der Waals surface area contributed by atoms with Gasteiger partial charge in [-0.15, -0.1) is 0 Å². The zero-order valence-corrected chi connectivity index (χ0v) is 15.8. The molecule has 2 aliphatic carbocycles. The third-order valence-corrected chi connectivity index (χ3v) is 26.4. The minimum absolute atomic E-state index is 0.726. The molecule has 2 aliphatic rings. The molecular formula is C19H24SiTi. The summed E-state index contributed by atoms with van der Waals surface area (Å²) in [6.07, 6.45) is 16.7. The Labute approximate surface area is 133 Å². The molecule has 0 radical (unpaired) electrons. The van der Waals surface area contributed by atoms with Crippen molar-refractivity contribution < 1.29 is 15.8 Å². The number of rotatable bonds is 5. The summed E-state index contributed by atoms with van der Waals surface area (Å²) in [5.41, 5.74) is 1.55. The Hall–Kier alpha value is -0.889. The quantitative estimate of drug-likeness (QED) is 0.667. The summed E-state index contributed by atoms with van der Waals surface area (Å²) in [6, 6.07) is 11.2. The van der Waals surface area contributed by atoms with Gasteiger partial charge in [-0.3, -0.25) is 0 Å². The van der Waals surface area contributed by atoms with Crippen LogP contribution in [0.25, 0.3) is 0 Å². The number of hydrogen-bond donors (Lipinski definition) is 0. The van der Waals surface area contributed by atoms with Crippen LogP contribution in [0.2, 0.25) is 13.1 Å². The molecule has 0 saturated heterocycles. The van der Waals surface area contributed by atoms with E-state index < -0.39 is 22.5 Å². The minimum atomic E-state index is -2.15. The zero-order valence-electron chi connectivity index (χ0n) is 13.0. The normalized spacial score (nSPS) is 17.5. The molecule has 0 aliphatic heterocycles. The Balaban J connectivity index is 2.04. The monoisotopic (exact) mass is 328 g/mol. The zero-order chi connectivity index (χ0) is 14.7. The fourth-order valence-electron chi connectivity index (χ4n) is 3.85. The van der Waals surface area contributed by atoms with Crippen molar-refractivity contribution in [2.24, 2.45) is 0 Å². The van der Waals surface area contributed by atoms with Crippen LogP contribution in [-0.4, -0.2) is 6.66 Å². The van der Waals surface area contributed by atoms with Gasteiger partial charge in [0.25, 0.3) is 0 Å². The van der Waals surface area contributed by atoms with E-state index in [1.807, 2.05) is 7.76 Å². The van der Waals surface area contributed by atoms with Crippen molar-refractivity contribution in [2.75, 3.05) is 0 Å². The standard InChI is InChI=1S/C7H7.2C5H5.C2H7Si.Ti/c1-7-5-3-2-4-6-7;2*1-2-4-5-3-1;1-3-2;/h2-6H,1H2;2*1-3H,4H2;3H,1-2H3;. The van der Waals surface area contributed by atoms with Crippen LogP contribution in [0.3, 0.4) is 0 Å². The maximum atomic E-state index is 2.60. The third-order valence-electron chi connectivity index (χ3n) is 5.00. The van der Waals surface area contributed by atoms with Crippen LogP contribution in [0.1, 0.15) is 18.4 Å². The van der Waals surface area contributed by atoms with Gasteiger partial charge in [0, 0.05) is 0 Å². The van der Waals surface area contributed by atoms with Crippen molar-refractivity contribution in [3.63, 3.8) is 0 Å². The summed E-state index contributed by atoms with van der Waals surface area (Å²) in [7, 11) is 0. The van der Waals surface area contributed by atoms with E-state index in [0.29, 0.717) is 0 Å². The summed E-state index contributed by atoms with van der Waals surface area (Å²) in [5, 5.41) is 0. The fourth-order valence-corrected chi connectivity index (χ4v) is 22.8. The molecule has 0 aromatic heterocycles. The van der Waals surface area contributed by atoms with Gasteiger partial charge in [-0.25, -0.2) is 0 Å². The molecule has 0 fully saturated rings. The summed E-state index contributed by atoms with van der Waals surface area (Å²) in [4.78, 5) is 0. The molecule has 0 amide bonds. The molecule has 1 aromatic rings. The summed E-state index contributed by atoms with van der Waals surface area (Å²) < 4.78 is 5.01. The first-order chi connectivity index (χ1) is 10.2. The van der Waals surface area contributed by atoms with Gasteiger partial charge >= 0.3 is 133 Å². The van der Waals surface area contributed by atoms with E-state index in [4.69, 9.17) is 0 Å². The van der Waals surface area contributed by atoms with Gasteiger partial charge in [0.15, 0.2) is 0 Å². The molecular weight excluding hydrogens is 304 g/mol. The molecule has 0 unspecified atom stereocenters. The summed E-state index contributed by atoms with van der Waals surface area (Å²) in [6.45, 7) is 4.47. The van der Waals surface area contributed by atoms with Crippen LogP contribution >= 0.6 is 0 Å². The molecule has 0 spiro atoms. The van der Waals surface area contributed by atoms with Crippen LogP contribution in [0.4, 0.5) is 0 Å². The van der Waals surface area contributed by atoms with Gasteiger partial charge in [-0.1, -0.05) is 0 Å². The van der Waals surface area contributed by atoms with Crippen molar-refractivity contribution in [3.8, 4) is 0 Å². The Morgan fingerprint density at radius 3 is 1.90 bits per heavy atom. The van der Waals surface area contributed by atoms with E-state index in [1.54, 1.807) is 5.56 Å². The van der Waals surface area contributed by atoms with Crippen LogP contribution in [0.15, 0.2) is 74.5 Å². The first-order valence-corrected chi connectivity index (χ1v) is 16.3. The predicted octanol–water partition coefficient (Wildman–Crippen LogP) is 5.01. The van der Waals surface area contributed by atoms with Crippen molar-refractivity contribution in [1.29, 1.82) is 0 Å². The second kappa shape index (κ2) is 6.48. The maximum absolute atomic E-state index is 2.60. The van der Waals surface area contributed by atoms with Gasteiger partial charge in [-0.05, 0) is 0 Å². The second-order valence-corrected chi connectivity index (χ2v) is 23.8. The van der Waals surface area contributed by atoms with Crippen molar-refractivity contribution in [2.45, 2.75) is 30.7 Å². The number of benzene rings is 1. The van der Waals surface area contributed by atoms with E-state index in [2.05, 4.69) is 79.9 Å². The molecule has 1 aromatic carbocycles. The molecule has 2 heteroatoms. The molecule has 108 valence electrons. The first kappa shape index (κ1) is 15.0. The molecule has 0 heterocycles. The van der Waals surface area contributed by atoms with E-state index in [0.717, 1.165) is 0 Å². The first-order valence-electron chi connectivity index (χ1n) is 8.00. The number of allylic oxidation sites excluding steroid dienone is 8.